The van der Waals surface area contributed by atoms with Crippen molar-refractivity contribution in [3.8, 4) is 0 Å². The number of nitrogens with zero attached hydrogens (tertiary/aromatic N) is 1. The molecule has 20 heavy (non-hydrogen) atoms. The van der Waals surface area contributed by atoms with Gasteiger partial charge in [0.2, 0.25) is 0 Å². The quantitative estimate of drug-likeness (QED) is 0.541. The number of nitrogen functional groups attached to an aromatic ring is 1. The summed E-state index contributed by atoms with van der Waals surface area (Å²) in [5.74, 6) is -1.07. The molecule has 110 valence electrons. The summed E-state index contributed by atoms with van der Waals surface area (Å²) in [6.07, 6.45) is 0. The summed E-state index contributed by atoms with van der Waals surface area (Å²) >= 11 is 0. The van der Waals surface area contributed by atoms with Crippen LogP contribution >= 0.6 is 0 Å². The molecule has 0 bridgehead atoms. The zero-order valence-electron chi connectivity index (χ0n) is 10.6. The van der Waals surface area contributed by atoms with Crippen LogP contribution in [0.5, 0.6) is 0 Å². The fourth-order valence-electron chi connectivity index (χ4n) is 1.76. The Bertz CT molecular complexity index is 614. The minimum absolute atomic E-state index is 0.179. The summed E-state index contributed by atoms with van der Waals surface area (Å²) in [5, 5.41) is 7.19. The summed E-state index contributed by atoms with van der Waals surface area (Å²) in [6, 6.07) is 3.63. The van der Waals surface area contributed by atoms with Gasteiger partial charge in [-0.25, -0.2) is 4.39 Å². The van der Waals surface area contributed by atoms with E-state index in [1.165, 1.54) is 16.4 Å². The Morgan fingerprint density at radius 2 is 2.05 bits per heavy atom. The molecule has 1 aliphatic heterocycles. The second-order valence-electron chi connectivity index (χ2n) is 4.23. The van der Waals surface area contributed by atoms with E-state index in [9.17, 15) is 12.8 Å². The fraction of sp³-hybridized carbons (Fsp3) is 0.364. The number of morpholine rings is 1. The molecule has 4 N–H and O–H groups in total. The van der Waals surface area contributed by atoms with Gasteiger partial charge in [-0.1, -0.05) is 0 Å². The predicted molar refractivity (Wildman–Crippen MR) is 72.4 cm³/mol. The van der Waals surface area contributed by atoms with Crippen molar-refractivity contribution < 1.29 is 17.5 Å². The highest BCUT2D eigenvalue weighted by atomic mass is 32.2. The molecule has 1 heterocycles. The van der Waals surface area contributed by atoms with Gasteiger partial charge in [-0.05, 0) is 18.2 Å². The third-order valence-electron chi connectivity index (χ3n) is 2.83. The molecule has 1 saturated heterocycles. The fourth-order valence-corrected chi connectivity index (χ4v) is 2.96. The molecule has 1 aliphatic rings. The van der Waals surface area contributed by atoms with Crippen LogP contribution in [0.4, 0.5) is 10.1 Å². The monoisotopic (exact) mass is 302 g/mol. The van der Waals surface area contributed by atoms with E-state index < -0.39 is 16.0 Å². The van der Waals surface area contributed by atoms with Crippen molar-refractivity contribution in [2.45, 2.75) is 0 Å². The lowest BCUT2D eigenvalue weighted by Gasteiger charge is -2.26. The molecule has 0 atom stereocenters. The Morgan fingerprint density at radius 3 is 2.60 bits per heavy atom. The van der Waals surface area contributed by atoms with E-state index >= 15 is 0 Å². The van der Waals surface area contributed by atoms with Gasteiger partial charge in [-0.15, -0.1) is 0 Å². The number of anilines is 1. The molecule has 1 aromatic rings. The molecule has 0 aliphatic carbocycles. The van der Waals surface area contributed by atoms with E-state index in [0.717, 1.165) is 6.07 Å². The second kappa shape index (κ2) is 5.73. The number of nitrogens with one attached hydrogen (secondary N) is 2. The highest BCUT2D eigenvalue weighted by Gasteiger charge is 2.25. The molecule has 2 rings (SSSR count). The van der Waals surface area contributed by atoms with Crippen LogP contribution in [-0.4, -0.2) is 44.9 Å². The van der Waals surface area contributed by atoms with Crippen molar-refractivity contribution in [3.63, 3.8) is 0 Å². The van der Waals surface area contributed by atoms with Crippen molar-refractivity contribution in [1.29, 1.82) is 5.41 Å². The van der Waals surface area contributed by atoms with Gasteiger partial charge in [-0.2, -0.15) is 12.7 Å². The SMILES string of the molecule is N=C(N)c1ccc(NS(=O)(=O)N2CCOCC2)c(F)c1. The lowest BCUT2D eigenvalue weighted by Crippen LogP contribution is -2.43. The van der Waals surface area contributed by atoms with Gasteiger partial charge in [0.15, 0.2) is 0 Å². The van der Waals surface area contributed by atoms with Crippen LogP contribution in [0.2, 0.25) is 0 Å². The summed E-state index contributed by atoms with van der Waals surface area (Å²) in [5.41, 5.74) is 5.25. The Balaban J connectivity index is 2.18. The summed E-state index contributed by atoms with van der Waals surface area (Å²) in [6.45, 7) is 1.07. The average molecular weight is 302 g/mol. The molecular formula is C11H15FN4O3S. The van der Waals surface area contributed by atoms with Crippen LogP contribution in [0.25, 0.3) is 0 Å². The molecule has 0 amide bonds. The highest BCUT2D eigenvalue weighted by Crippen LogP contribution is 2.18. The zero-order chi connectivity index (χ0) is 14.8. The summed E-state index contributed by atoms with van der Waals surface area (Å²) < 4.78 is 46.3. The average Bonchev–Trinajstić information content (AvgIpc) is 2.41. The van der Waals surface area contributed by atoms with Crippen LogP contribution in [0.1, 0.15) is 5.56 Å². The number of nitrogens with two attached hydrogens (primary N) is 1. The molecule has 0 radical (unpaired) electrons. The van der Waals surface area contributed by atoms with Crippen molar-refractivity contribution in [3.05, 3.63) is 29.6 Å². The minimum Gasteiger partial charge on any atom is -0.384 e. The standard InChI is InChI=1S/C11H15FN4O3S/c12-9-7-8(11(13)14)1-2-10(9)15-20(17,18)16-3-5-19-6-4-16/h1-2,7,15H,3-6H2,(H3,13,14). The summed E-state index contributed by atoms with van der Waals surface area (Å²) in [7, 11) is -3.81. The first-order valence-electron chi connectivity index (χ1n) is 5.90. The normalized spacial score (nSPS) is 16.9. The first-order valence-corrected chi connectivity index (χ1v) is 7.34. The van der Waals surface area contributed by atoms with Crippen LogP contribution in [0.3, 0.4) is 0 Å². The first-order chi connectivity index (χ1) is 9.40. The number of ether oxygens (including phenoxy) is 1. The molecular weight excluding hydrogens is 287 g/mol. The zero-order valence-corrected chi connectivity index (χ0v) is 11.4. The molecule has 0 aromatic heterocycles. The number of hydrogen-bond acceptors (Lipinski definition) is 4. The topological polar surface area (TPSA) is 109 Å². The molecule has 0 saturated carbocycles. The molecule has 0 unspecified atom stereocenters. The van der Waals surface area contributed by atoms with E-state index in [0.29, 0.717) is 13.2 Å². The molecule has 9 heteroatoms. The predicted octanol–water partition coefficient (Wildman–Crippen LogP) is 0.0987. The van der Waals surface area contributed by atoms with Crippen LogP contribution in [0, 0.1) is 11.2 Å². The number of benzene rings is 1. The number of amidine groups is 1. The molecule has 1 aromatic carbocycles. The third-order valence-corrected chi connectivity index (χ3v) is 4.35. The number of halogens is 1. The van der Waals surface area contributed by atoms with Crippen LogP contribution < -0.4 is 10.5 Å². The lowest BCUT2D eigenvalue weighted by molar-refractivity contribution is 0.0733. The Labute approximate surface area is 116 Å². The maximum absolute atomic E-state index is 13.8. The van der Waals surface area contributed by atoms with E-state index in [-0.39, 0.29) is 30.2 Å². The second-order valence-corrected chi connectivity index (χ2v) is 5.90. The Kier molecular flexibility index (Phi) is 4.21. The highest BCUT2D eigenvalue weighted by molar-refractivity contribution is 7.90. The van der Waals surface area contributed by atoms with Gasteiger partial charge < -0.3 is 10.5 Å². The first kappa shape index (κ1) is 14.7. The van der Waals surface area contributed by atoms with Crippen molar-refractivity contribution in [2.24, 2.45) is 5.73 Å². The number of rotatable bonds is 4. The molecule has 1 fully saturated rings. The largest absolute Gasteiger partial charge is 0.384 e. The molecule has 0 spiro atoms. The van der Waals surface area contributed by atoms with Crippen molar-refractivity contribution in [1.82, 2.24) is 4.31 Å². The number of hydrogen-bond donors (Lipinski definition) is 3. The molecule has 7 nitrogen and oxygen atoms in total. The van der Waals surface area contributed by atoms with Crippen molar-refractivity contribution >= 4 is 21.7 Å². The maximum Gasteiger partial charge on any atom is 0.301 e. The van der Waals surface area contributed by atoms with E-state index in [2.05, 4.69) is 4.72 Å². The smallest absolute Gasteiger partial charge is 0.301 e. The van der Waals surface area contributed by atoms with Gasteiger partial charge in [0.05, 0.1) is 18.9 Å². The van der Waals surface area contributed by atoms with Gasteiger partial charge in [0.25, 0.3) is 0 Å². The van der Waals surface area contributed by atoms with Crippen LogP contribution in [-0.2, 0) is 14.9 Å². The van der Waals surface area contributed by atoms with E-state index in [1.54, 1.807) is 0 Å². The maximum atomic E-state index is 13.8. The van der Waals surface area contributed by atoms with Gasteiger partial charge in [-0.3, -0.25) is 10.1 Å². The third kappa shape index (κ3) is 3.24. The van der Waals surface area contributed by atoms with E-state index in [4.69, 9.17) is 15.9 Å². The Morgan fingerprint density at radius 1 is 1.40 bits per heavy atom. The minimum atomic E-state index is -3.81. The van der Waals surface area contributed by atoms with E-state index in [1.807, 2.05) is 0 Å². The van der Waals surface area contributed by atoms with Gasteiger partial charge in [0.1, 0.15) is 11.7 Å². The summed E-state index contributed by atoms with van der Waals surface area (Å²) in [4.78, 5) is 0. The van der Waals surface area contributed by atoms with Crippen molar-refractivity contribution in [2.75, 3.05) is 31.0 Å². The van der Waals surface area contributed by atoms with Crippen LogP contribution in [0.15, 0.2) is 18.2 Å². The van der Waals surface area contributed by atoms with Gasteiger partial charge in [0, 0.05) is 18.7 Å². The lowest BCUT2D eigenvalue weighted by atomic mass is 10.2. The van der Waals surface area contributed by atoms with Gasteiger partial charge >= 0.3 is 10.2 Å². The Hall–Kier alpha value is -1.71.